The molecule has 0 saturated carbocycles. The molecule has 8 heteroatoms. The Hall–Kier alpha value is -3.29. The first-order valence-electron chi connectivity index (χ1n) is 8.74. The van der Waals surface area contributed by atoms with Crippen molar-refractivity contribution in [3.8, 4) is 5.69 Å². The standard InChI is InChI=1S/C19H19N5O3/c1-12-16(17(25)23-10-4-8-19(23,2)18(26)27)21-22-24(12)15-6-3-5-13-11-20-9-7-14(13)15/h3,5-7,9,11H,4,8,10H2,1-2H3,(H,26,27). The molecule has 0 spiro atoms. The Morgan fingerprint density at radius 1 is 1.26 bits per heavy atom. The zero-order chi connectivity index (χ0) is 19.2. The summed E-state index contributed by atoms with van der Waals surface area (Å²) in [7, 11) is 0. The second kappa shape index (κ2) is 6.15. The van der Waals surface area contributed by atoms with Crippen molar-refractivity contribution in [1.82, 2.24) is 24.9 Å². The summed E-state index contributed by atoms with van der Waals surface area (Å²) < 4.78 is 1.61. The maximum Gasteiger partial charge on any atom is 0.329 e. The Balaban J connectivity index is 1.77. The van der Waals surface area contributed by atoms with Gasteiger partial charge >= 0.3 is 5.97 Å². The molecule has 0 aliphatic carbocycles. The molecule has 138 valence electrons. The van der Waals surface area contributed by atoms with Crippen molar-refractivity contribution in [1.29, 1.82) is 0 Å². The maximum absolute atomic E-state index is 13.0. The number of benzene rings is 1. The van der Waals surface area contributed by atoms with E-state index >= 15 is 0 Å². The van der Waals surface area contributed by atoms with Crippen LogP contribution in [0.2, 0.25) is 0 Å². The first-order valence-corrected chi connectivity index (χ1v) is 8.74. The molecule has 3 aromatic rings. The third-order valence-electron chi connectivity index (χ3n) is 5.33. The Labute approximate surface area is 155 Å². The summed E-state index contributed by atoms with van der Waals surface area (Å²) in [5.41, 5.74) is 0.332. The lowest BCUT2D eigenvalue weighted by atomic mass is 9.99. The molecular formula is C19H19N5O3. The molecular weight excluding hydrogens is 346 g/mol. The van der Waals surface area contributed by atoms with Crippen LogP contribution in [0.15, 0.2) is 36.7 Å². The molecule has 1 N–H and O–H groups in total. The van der Waals surface area contributed by atoms with Crippen LogP contribution in [-0.4, -0.2) is 53.9 Å². The highest BCUT2D eigenvalue weighted by molar-refractivity contribution is 5.98. The molecule has 8 nitrogen and oxygen atoms in total. The van der Waals surface area contributed by atoms with Crippen molar-refractivity contribution in [2.75, 3.05) is 6.54 Å². The van der Waals surface area contributed by atoms with Crippen molar-refractivity contribution in [2.45, 2.75) is 32.2 Å². The largest absolute Gasteiger partial charge is 0.480 e. The van der Waals surface area contributed by atoms with Crippen LogP contribution in [0, 0.1) is 6.92 Å². The minimum atomic E-state index is -1.21. The number of likely N-dealkylation sites (tertiary alicyclic amines) is 1. The highest BCUT2D eigenvalue weighted by Crippen LogP contribution is 2.31. The SMILES string of the molecule is Cc1c(C(=O)N2CCCC2(C)C(=O)O)nnn1-c1cccc2cnccc12. The lowest BCUT2D eigenvalue weighted by Gasteiger charge is -2.30. The zero-order valence-electron chi connectivity index (χ0n) is 15.1. The van der Waals surface area contributed by atoms with Crippen LogP contribution in [0.4, 0.5) is 0 Å². The predicted octanol–water partition coefficient (Wildman–Crippen LogP) is 2.20. The van der Waals surface area contributed by atoms with Gasteiger partial charge in [0.1, 0.15) is 5.54 Å². The molecule has 1 aliphatic heterocycles. The molecule has 1 amide bonds. The Kier molecular flexibility index (Phi) is 3.91. The van der Waals surface area contributed by atoms with Crippen molar-refractivity contribution in [3.05, 3.63) is 48.0 Å². The van der Waals surface area contributed by atoms with Gasteiger partial charge in [-0.3, -0.25) is 9.78 Å². The van der Waals surface area contributed by atoms with Gasteiger partial charge in [0.05, 0.1) is 11.4 Å². The normalized spacial score (nSPS) is 19.6. The van der Waals surface area contributed by atoms with Crippen LogP contribution < -0.4 is 0 Å². The van der Waals surface area contributed by atoms with Gasteiger partial charge in [-0.25, -0.2) is 9.48 Å². The van der Waals surface area contributed by atoms with Gasteiger partial charge < -0.3 is 10.0 Å². The molecule has 2 aromatic heterocycles. The summed E-state index contributed by atoms with van der Waals surface area (Å²) in [6.45, 7) is 3.74. The van der Waals surface area contributed by atoms with Gasteiger partial charge in [-0.05, 0) is 38.8 Å². The van der Waals surface area contributed by atoms with E-state index in [4.69, 9.17) is 0 Å². The van der Waals surface area contributed by atoms with Crippen LogP contribution in [0.1, 0.15) is 35.9 Å². The number of rotatable bonds is 3. The number of fused-ring (bicyclic) bond motifs is 1. The van der Waals surface area contributed by atoms with E-state index in [0.29, 0.717) is 25.1 Å². The molecule has 1 aliphatic rings. The first-order chi connectivity index (χ1) is 12.9. The number of carboxylic acids is 1. The number of hydrogen-bond acceptors (Lipinski definition) is 5. The van der Waals surface area contributed by atoms with E-state index in [0.717, 1.165) is 16.5 Å². The van der Waals surface area contributed by atoms with Gasteiger partial charge in [0.25, 0.3) is 5.91 Å². The van der Waals surface area contributed by atoms with Crippen LogP contribution >= 0.6 is 0 Å². The lowest BCUT2D eigenvalue weighted by Crippen LogP contribution is -2.51. The Morgan fingerprint density at radius 2 is 2.07 bits per heavy atom. The second-order valence-corrected chi connectivity index (χ2v) is 6.95. The predicted molar refractivity (Wildman–Crippen MR) is 97.7 cm³/mol. The number of aliphatic carboxylic acids is 1. The van der Waals surface area contributed by atoms with Crippen molar-refractivity contribution >= 4 is 22.6 Å². The minimum absolute atomic E-state index is 0.176. The number of carboxylic acid groups (broad SMARTS) is 1. The summed E-state index contributed by atoms with van der Waals surface area (Å²) in [6.07, 6.45) is 4.54. The van der Waals surface area contributed by atoms with Gasteiger partial charge in [0.15, 0.2) is 5.69 Å². The molecule has 3 heterocycles. The molecule has 27 heavy (non-hydrogen) atoms. The fraction of sp³-hybridized carbons (Fsp3) is 0.316. The number of aromatic nitrogens is 4. The molecule has 4 rings (SSSR count). The molecule has 0 bridgehead atoms. The van der Waals surface area contributed by atoms with Gasteiger partial charge in [-0.15, -0.1) is 5.10 Å². The smallest absolute Gasteiger partial charge is 0.329 e. The summed E-state index contributed by atoms with van der Waals surface area (Å²) in [4.78, 5) is 30.2. The molecule has 1 fully saturated rings. The maximum atomic E-state index is 13.0. The third kappa shape index (κ3) is 2.56. The second-order valence-electron chi connectivity index (χ2n) is 6.95. The summed E-state index contributed by atoms with van der Waals surface area (Å²) >= 11 is 0. The van der Waals surface area contributed by atoms with Crippen LogP contribution in [0.25, 0.3) is 16.5 Å². The highest BCUT2D eigenvalue weighted by Gasteiger charge is 2.47. The topological polar surface area (TPSA) is 101 Å². The first kappa shape index (κ1) is 17.1. The average molecular weight is 365 g/mol. The van der Waals surface area contributed by atoms with Crippen molar-refractivity contribution in [3.63, 3.8) is 0 Å². The van der Waals surface area contributed by atoms with E-state index in [-0.39, 0.29) is 5.69 Å². The fourth-order valence-electron chi connectivity index (χ4n) is 3.68. The lowest BCUT2D eigenvalue weighted by molar-refractivity contribution is -0.147. The highest BCUT2D eigenvalue weighted by atomic mass is 16.4. The Bertz CT molecular complexity index is 1060. The number of carbonyl (C=O) groups excluding carboxylic acids is 1. The summed E-state index contributed by atoms with van der Waals surface area (Å²) in [5, 5.41) is 19.7. The molecule has 1 saturated heterocycles. The monoisotopic (exact) mass is 365 g/mol. The zero-order valence-corrected chi connectivity index (χ0v) is 15.1. The van der Waals surface area contributed by atoms with Gasteiger partial charge in [-0.1, -0.05) is 17.3 Å². The van der Waals surface area contributed by atoms with Crippen LogP contribution in [0.3, 0.4) is 0 Å². The van der Waals surface area contributed by atoms with Gasteiger partial charge in [-0.2, -0.15) is 0 Å². The number of nitrogens with zero attached hydrogens (tertiary/aromatic N) is 5. The quantitative estimate of drug-likeness (QED) is 0.764. The van der Waals surface area contributed by atoms with Crippen molar-refractivity contribution in [2.24, 2.45) is 0 Å². The minimum Gasteiger partial charge on any atom is -0.480 e. The van der Waals surface area contributed by atoms with E-state index in [2.05, 4.69) is 15.3 Å². The molecule has 1 aromatic carbocycles. The van der Waals surface area contributed by atoms with Crippen LogP contribution in [-0.2, 0) is 4.79 Å². The van der Waals surface area contributed by atoms with E-state index in [1.165, 1.54) is 4.90 Å². The van der Waals surface area contributed by atoms with E-state index in [1.807, 2.05) is 24.3 Å². The van der Waals surface area contributed by atoms with Gasteiger partial charge in [0.2, 0.25) is 0 Å². The number of carbonyl (C=O) groups is 2. The number of hydrogen-bond donors (Lipinski definition) is 1. The van der Waals surface area contributed by atoms with E-state index in [1.54, 1.807) is 30.9 Å². The third-order valence-corrected chi connectivity index (χ3v) is 5.33. The van der Waals surface area contributed by atoms with E-state index in [9.17, 15) is 14.7 Å². The average Bonchev–Trinajstić information content (AvgIpc) is 3.24. The fourth-order valence-corrected chi connectivity index (χ4v) is 3.68. The number of amides is 1. The molecule has 0 radical (unpaired) electrons. The van der Waals surface area contributed by atoms with Crippen molar-refractivity contribution < 1.29 is 14.7 Å². The van der Waals surface area contributed by atoms with Gasteiger partial charge in [0, 0.05) is 29.7 Å². The molecule has 1 atom stereocenters. The Morgan fingerprint density at radius 3 is 2.85 bits per heavy atom. The summed E-state index contributed by atoms with van der Waals surface area (Å²) in [5.74, 6) is -1.40. The summed E-state index contributed by atoms with van der Waals surface area (Å²) in [6, 6.07) is 7.63. The number of pyridine rings is 1. The molecule has 1 unspecified atom stereocenters. The van der Waals surface area contributed by atoms with E-state index < -0.39 is 17.4 Å². The van der Waals surface area contributed by atoms with Crippen LogP contribution in [0.5, 0.6) is 0 Å².